The lowest BCUT2D eigenvalue weighted by Crippen LogP contribution is -2.41. The van der Waals surface area contributed by atoms with E-state index in [1.54, 1.807) is 7.11 Å². The molecule has 0 aromatic heterocycles. The molecule has 0 amide bonds. The van der Waals surface area contributed by atoms with Crippen molar-refractivity contribution in [3.8, 4) is 0 Å². The highest BCUT2D eigenvalue weighted by Gasteiger charge is 2.42. The van der Waals surface area contributed by atoms with Gasteiger partial charge in [0.2, 0.25) is 0 Å². The van der Waals surface area contributed by atoms with Crippen molar-refractivity contribution >= 4 is 11.4 Å². The van der Waals surface area contributed by atoms with E-state index in [-0.39, 0.29) is 11.6 Å². The molecule has 0 saturated heterocycles. The molecular formula is C23H30N2O2. The number of hydrogen-bond donors (Lipinski definition) is 0. The van der Waals surface area contributed by atoms with Crippen molar-refractivity contribution in [2.45, 2.75) is 32.4 Å². The van der Waals surface area contributed by atoms with E-state index >= 15 is 0 Å². The summed E-state index contributed by atoms with van der Waals surface area (Å²) < 4.78 is 5.58. The van der Waals surface area contributed by atoms with Crippen LogP contribution < -0.4 is 4.90 Å². The van der Waals surface area contributed by atoms with E-state index in [2.05, 4.69) is 81.2 Å². The molecule has 4 heteroatoms. The van der Waals surface area contributed by atoms with E-state index in [0.29, 0.717) is 6.61 Å². The maximum Gasteiger partial charge on any atom is 0.158 e. The van der Waals surface area contributed by atoms with Crippen molar-refractivity contribution in [2.75, 3.05) is 32.7 Å². The second-order valence-electron chi connectivity index (χ2n) is 8.13. The number of nitrogens with zero attached hydrogens (tertiary/aromatic N) is 2. The van der Waals surface area contributed by atoms with Crippen LogP contribution in [0.3, 0.4) is 0 Å². The minimum absolute atomic E-state index is 0.0105. The maximum absolute atomic E-state index is 6.44. The lowest BCUT2D eigenvalue weighted by molar-refractivity contribution is -0.158. The van der Waals surface area contributed by atoms with Gasteiger partial charge in [-0.3, -0.25) is 0 Å². The smallest absolute Gasteiger partial charge is 0.158 e. The summed E-state index contributed by atoms with van der Waals surface area (Å²) in [5.74, 6) is 0.897. The van der Waals surface area contributed by atoms with Crippen molar-refractivity contribution < 1.29 is 9.57 Å². The first-order valence-corrected chi connectivity index (χ1v) is 9.35. The molecule has 2 aromatic rings. The molecule has 27 heavy (non-hydrogen) atoms. The predicted molar refractivity (Wildman–Crippen MR) is 111 cm³/mol. The summed E-state index contributed by atoms with van der Waals surface area (Å²) in [5.41, 5.74) is 4.44. The third kappa shape index (κ3) is 4.02. The van der Waals surface area contributed by atoms with Crippen LogP contribution in [0.2, 0.25) is 0 Å². The summed E-state index contributed by atoms with van der Waals surface area (Å²) >= 11 is 0. The highest BCUT2D eigenvalue weighted by atomic mass is 16.7. The van der Waals surface area contributed by atoms with Crippen LogP contribution in [0.1, 0.15) is 37.9 Å². The number of hydroxylamine groups is 2. The van der Waals surface area contributed by atoms with Crippen molar-refractivity contribution in [1.29, 1.82) is 0 Å². The number of ether oxygens (including phenoxy) is 1. The van der Waals surface area contributed by atoms with E-state index in [4.69, 9.17) is 9.57 Å². The molecule has 144 valence electrons. The molecule has 0 saturated carbocycles. The molecule has 1 aliphatic heterocycles. The largest absolute Gasteiger partial charge is 0.404 e. The van der Waals surface area contributed by atoms with Gasteiger partial charge in [0.05, 0.1) is 12.6 Å². The number of methoxy groups -OCH3 is 1. The Morgan fingerprint density at radius 3 is 2.15 bits per heavy atom. The molecule has 0 bridgehead atoms. The van der Waals surface area contributed by atoms with Crippen LogP contribution in [-0.4, -0.2) is 38.4 Å². The minimum Gasteiger partial charge on any atom is -0.404 e. The Kier molecular flexibility index (Phi) is 5.59. The van der Waals surface area contributed by atoms with Gasteiger partial charge in [-0.1, -0.05) is 42.5 Å². The van der Waals surface area contributed by atoms with E-state index in [1.807, 2.05) is 18.2 Å². The van der Waals surface area contributed by atoms with Crippen LogP contribution in [-0.2, 0) is 9.57 Å². The lowest BCUT2D eigenvalue weighted by atomic mass is 9.93. The summed E-state index contributed by atoms with van der Waals surface area (Å²) in [7, 11) is 5.85. The molecule has 0 spiro atoms. The van der Waals surface area contributed by atoms with Crippen LogP contribution in [0.5, 0.6) is 0 Å². The summed E-state index contributed by atoms with van der Waals surface area (Å²) in [4.78, 5) is 8.55. The van der Waals surface area contributed by atoms with Gasteiger partial charge in [0.15, 0.2) is 5.76 Å². The van der Waals surface area contributed by atoms with E-state index in [9.17, 15) is 0 Å². The lowest BCUT2D eigenvalue weighted by Gasteiger charge is -2.36. The fourth-order valence-corrected chi connectivity index (χ4v) is 3.42. The zero-order chi connectivity index (χ0) is 19.6. The molecule has 1 atom stereocenters. The first-order chi connectivity index (χ1) is 12.8. The molecule has 3 rings (SSSR count). The molecule has 4 nitrogen and oxygen atoms in total. The molecule has 0 fully saturated rings. The van der Waals surface area contributed by atoms with Gasteiger partial charge in [-0.05, 0) is 38.5 Å². The fourth-order valence-electron chi connectivity index (χ4n) is 3.42. The van der Waals surface area contributed by atoms with Gasteiger partial charge in [0.1, 0.15) is 0 Å². The van der Waals surface area contributed by atoms with Crippen LogP contribution in [0.25, 0.3) is 5.76 Å². The number of rotatable bonds is 5. The summed E-state index contributed by atoms with van der Waals surface area (Å²) in [6.45, 7) is 7.04. The highest BCUT2D eigenvalue weighted by molar-refractivity contribution is 5.67. The topological polar surface area (TPSA) is 24.9 Å². The summed E-state index contributed by atoms with van der Waals surface area (Å²) in [6.07, 6.45) is 0. The van der Waals surface area contributed by atoms with Crippen molar-refractivity contribution in [3.05, 3.63) is 71.3 Å². The van der Waals surface area contributed by atoms with E-state index < -0.39 is 0 Å². The fraction of sp³-hybridized carbons (Fsp3) is 0.391. The van der Waals surface area contributed by atoms with Gasteiger partial charge < -0.3 is 14.5 Å². The molecule has 1 heterocycles. The second kappa shape index (κ2) is 7.75. The van der Waals surface area contributed by atoms with Gasteiger partial charge in [-0.25, -0.2) is 0 Å². The van der Waals surface area contributed by atoms with Gasteiger partial charge >= 0.3 is 0 Å². The number of anilines is 1. The standard InChI is InChI=1S/C23H30N2O2/c1-23(2,3)25-21(17-12-14-19(15-13-17)24(4)5)20(16-26-6)22(27-25)18-10-8-7-9-11-18/h7-15,21H,16H2,1-6H3. The molecule has 1 unspecified atom stereocenters. The molecule has 1 aliphatic rings. The quantitative estimate of drug-likeness (QED) is 0.752. The van der Waals surface area contributed by atoms with Crippen molar-refractivity contribution in [1.82, 2.24) is 5.06 Å². The highest BCUT2D eigenvalue weighted by Crippen LogP contribution is 2.45. The van der Waals surface area contributed by atoms with E-state index in [1.165, 1.54) is 11.3 Å². The Balaban J connectivity index is 2.10. The Morgan fingerprint density at radius 2 is 1.63 bits per heavy atom. The minimum atomic E-state index is -0.166. The van der Waals surface area contributed by atoms with Crippen LogP contribution >= 0.6 is 0 Å². The maximum atomic E-state index is 6.44. The normalized spacial score (nSPS) is 17.9. The Bertz CT molecular complexity index is 789. The van der Waals surface area contributed by atoms with Gasteiger partial charge in [0.25, 0.3) is 0 Å². The van der Waals surface area contributed by atoms with Gasteiger partial charge in [0, 0.05) is 43.6 Å². The van der Waals surface area contributed by atoms with Crippen molar-refractivity contribution in [3.63, 3.8) is 0 Å². The molecule has 0 N–H and O–H groups in total. The Hall–Kier alpha value is -2.30. The third-order valence-electron chi connectivity index (χ3n) is 4.77. The SMILES string of the molecule is COCC1=C(c2ccccc2)ON(C(C)(C)C)C1c1ccc(N(C)C)cc1. The Morgan fingerprint density at radius 1 is 1.00 bits per heavy atom. The van der Waals surface area contributed by atoms with E-state index in [0.717, 1.165) is 16.9 Å². The average Bonchev–Trinajstić information content (AvgIpc) is 3.02. The first-order valence-electron chi connectivity index (χ1n) is 9.35. The van der Waals surface area contributed by atoms with Crippen LogP contribution in [0.4, 0.5) is 5.69 Å². The first kappa shape index (κ1) is 19.5. The number of hydrogen-bond acceptors (Lipinski definition) is 4. The zero-order valence-electron chi connectivity index (χ0n) is 17.2. The van der Waals surface area contributed by atoms with Gasteiger partial charge in [-0.2, -0.15) is 0 Å². The summed E-state index contributed by atoms with van der Waals surface area (Å²) in [6, 6.07) is 19.0. The van der Waals surface area contributed by atoms with Crippen LogP contribution in [0.15, 0.2) is 60.2 Å². The Labute approximate surface area is 163 Å². The van der Waals surface area contributed by atoms with Crippen LogP contribution in [0, 0.1) is 0 Å². The van der Waals surface area contributed by atoms with Gasteiger partial charge in [-0.15, -0.1) is 5.06 Å². The summed E-state index contributed by atoms with van der Waals surface area (Å²) in [5, 5.41) is 2.09. The van der Waals surface area contributed by atoms with Crippen molar-refractivity contribution in [2.24, 2.45) is 0 Å². The monoisotopic (exact) mass is 366 g/mol. The molecular weight excluding hydrogens is 336 g/mol. The number of benzene rings is 2. The zero-order valence-corrected chi connectivity index (χ0v) is 17.2. The third-order valence-corrected chi connectivity index (χ3v) is 4.77. The average molecular weight is 367 g/mol. The molecule has 2 aromatic carbocycles. The second-order valence-corrected chi connectivity index (χ2v) is 8.13. The molecule has 0 radical (unpaired) electrons. The predicted octanol–water partition coefficient (Wildman–Crippen LogP) is 4.90. The molecule has 0 aliphatic carbocycles.